The molecule has 0 saturated heterocycles. The first-order valence-corrected chi connectivity index (χ1v) is 9.06. The van der Waals surface area contributed by atoms with Crippen molar-refractivity contribution in [2.24, 2.45) is 11.3 Å². The Morgan fingerprint density at radius 2 is 1.75 bits per heavy atom. The van der Waals surface area contributed by atoms with E-state index in [1.54, 1.807) is 13.8 Å². The van der Waals surface area contributed by atoms with Crippen LogP contribution in [-0.4, -0.2) is 23.3 Å². The van der Waals surface area contributed by atoms with Gasteiger partial charge in [0.1, 0.15) is 12.2 Å². The van der Waals surface area contributed by atoms with Gasteiger partial charge in [-0.15, -0.1) is 0 Å². The minimum absolute atomic E-state index is 0.0501. The first-order valence-electron chi connectivity index (χ1n) is 8.68. The Kier molecular flexibility index (Phi) is 7.75. The van der Waals surface area contributed by atoms with E-state index < -0.39 is 5.60 Å². The predicted molar refractivity (Wildman–Crippen MR) is 99.2 cm³/mol. The van der Waals surface area contributed by atoms with Gasteiger partial charge in [-0.25, -0.2) is 0 Å². The topological polar surface area (TPSA) is 46.5 Å². The molecule has 0 heterocycles. The first-order chi connectivity index (χ1) is 11.0. The average Bonchev–Trinajstić information content (AvgIpc) is 2.49. The zero-order valence-electron chi connectivity index (χ0n) is 15.6. The maximum atomic E-state index is 11.7. The minimum Gasteiger partial charge on any atom is -0.462 e. The molecule has 1 rings (SSSR count). The van der Waals surface area contributed by atoms with Crippen LogP contribution in [0.25, 0.3) is 0 Å². The lowest BCUT2D eigenvalue weighted by Gasteiger charge is -2.40. The summed E-state index contributed by atoms with van der Waals surface area (Å²) in [6, 6.07) is 7.85. The van der Waals surface area contributed by atoms with Gasteiger partial charge in [0.15, 0.2) is 0 Å². The molecule has 0 aromatic heterocycles. The standard InChI is InChI=1S/C20H31ClO3/c1-15(2)18(22)24-14-20(23,19(3,4)5)13-7-6-8-16-9-11-17(21)12-10-16/h9-12,15,23H,6-8,13-14H2,1-5H3. The van der Waals surface area contributed by atoms with E-state index in [4.69, 9.17) is 16.3 Å². The number of ether oxygens (including phenoxy) is 1. The first kappa shape index (κ1) is 21.0. The van der Waals surface area contributed by atoms with E-state index in [9.17, 15) is 9.90 Å². The molecule has 0 bridgehead atoms. The summed E-state index contributed by atoms with van der Waals surface area (Å²) in [5, 5.41) is 11.8. The molecule has 4 heteroatoms. The molecule has 1 N–H and O–H groups in total. The Morgan fingerprint density at radius 1 is 1.17 bits per heavy atom. The molecule has 0 radical (unpaired) electrons. The van der Waals surface area contributed by atoms with Crippen molar-refractivity contribution < 1.29 is 14.6 Å². The van der Waals surface area contributed by atoms with Gasteiger partial charge in [0.2, 0.25) is 0 Å². The van der Waals surface area contributed by atoms with Gasteiger partial charge in [0.05, 0.1) is 5.92 Å². The number of hydrogen-bond acceptors (Lipinski definition) is 3. The lowest BCUT2D eigenvalue weighted by Crippen LogP contribution is -2.47. The molecule has 0 aliphatic heterocycles. The Bertz CT molecular complexity index is 517. The second-order valence-electron chi connectivity index (χ2n) is 7.88. The van der Waals surface area contributed by atoms with Gasteiger partial charge in [-0.1, -0.05) is 64.8 Å². The Hall–Kier alpha value is -1.06. The van der Waals surface area contributed by atoms with Crippen molar-refractivity contribution in [2.75, 3.05) is 6.61 Å². The largest absolute Gasteiger partial charge is 0.462 e. The van der Waals surface area contributed by atoms with Crippen LogP contribution in [0.2, 0.25) is 5.02 Å². The highest BCUT2D eigenvalue weighted by atomic mass is 35.5. The molecule has 3 nitrogen and oxygen atoms in total. The number of hydrogen-bond donors (Lipinski definition) is 1. The van der Waals surface area contributed by atoms with Crippen LogP contribution < -0.4 is 0 Å². The molecule has 1 aromatic rings. The van der Waals surface area contributed by atoms with Crippen LogP contribution in [0.3, 0.4) is 0 Å². The molecule has 136 valence electrons. The van der Waals surface area contributed by atoms with Crippen molar-refractivity contribution in [3.05, 3.63) is 34.9 Å². The van der Waals surface area contributed by atoms with Crippen LogP contribution in [0.4, 0.5) is 0 Å². The van der Waals surface area contributed by atoms with Crippen LogP contribution in [-0.2, 0) is 16.0 Å². The molecule has 1 aromatic carbocycles. The van der Waals surface area contributed by atoms with Crippen molar-refractivity contribution in [2.45, 2.75) is 65.9 Å². The number of benzene rings is 1. The van der Waals surface area contributed by atoms with Gasteiger partial charge in [0.25, 0.3) is 0 Å². The highest BCUT2D eigenvalue weighted by molar-refractivity contribution is 6.30. The lowest BCUT2D eigenvalue weighted by molar-refractivity contribution is -0.165. The molecule has 0 aliphatic carbocycles. The quantitative estimate of drug-likeness (QED) is 0.526. The fourth-order valence-corrected chi connectivity index (χ4v) is 2.54. The molecule has 0 spiro atoms. The van der Waals surface area contributed by atoms with Gasteiger partial charge in [-0.3, -0.25) is 4.79 Å². The number of rotatable bonds is 8. The molecule has 0 aliphatic rings. The minimum atomic E-state index is -1.02. The number of aryl methyl sites for hydroxylation is 1. The highest BCUT2D eigenvalue weighted by Gasteiger charge is 2.40. The van der Waals surface area contributed by atoms with Gasteiger partial charge in [-0.05, 0) is 42.4 Å². The lowest BCUT2D eigenvalue weighted by atomic mass is 9.74. The van der Waals surface area contributed by atoms with E-state index >= 15 is 0 Å². The normalized spacial score (nSPS) is 14.5. The zero-order chi connectivity index (χ0) is 18.4. The summed E-state index contributed by atoms with van der Waals surface area (Å²) >= 11 is 5.89. The third-order valence-electron chi connectivity index (χ3n) is 4.54. The summed E-state index contributed by atoms with van der Waals surface area (Å²) in [5.74, 6) is -0.446. The Labute approximate surface area is 151 Å². The molecular weight excluding hydrogens is 324 g/mol. The second-order valence-corrected chi connectivity index (χ2v) is 8.31. The third-order valence-corrected chi connectivity index (χ3v) is 4.79. The fraction of sp³-hybridized carbons (Fsp3) is 0.650. The molecule has 1 unspecified atom stereocenters. The van der Waals surface area contributed by atoms with Crippen molar-refractivity contribution in [3.8, 4) is 0 Å². The van der Waals surface area contributed by atoms with Crippen molar-refractivity contribution >= 4 is 17.6 Å². The van der Waals surface area contributed by atoms with Crippen LogP contribution in [0.5, 0.6) is 0 Å². The van der Waals surface area contributed by atoms with Crippen LogP contribution in [0.15, 0.2) is 24.3 Å². The van der Waals surface area contributed by atoms with E-state index in [2.05, 4.69) is 0 Å². The third kappa shape index (κ3) is 6.45. The van der Waals surface area contributed by atoms with Gasteiger partial charge < -0.3 is 9.84 Å². The number of carbonyl (C=O) groups is 1. The highest BCUT2D eigenvalue weighted by Crippen LogP contribution is 2.35. The number of carbonyl (C=O) groups excluding carboxylic acids is 1. The summed E-state index contributed by atoms with van der Waals surface area (Å²) in [7, 11) is 0. The van der Waals surface area contributed by atoms with E-state index in [0.717, 1.165) is 24.3 Å². The maximum Gasteiger partial charge on any atom is 0.308 e. The number of halogens is 1. The van der Waals surface area contributed by atoms with Crippen molar-refractivity contribution in [1.82, 2.24) is 0 Å². The number of aliphatic hydroxyl groups is 1. The Morgan fingerprint density at radius 3 is 2.25 bits per heavy atom. The smallest absolute Gasteiger partial charge is 0.308 e. The predicted octanol–water partition coefficient (Wildman–Crippen LogP) is 5.03. The van der Waals surface area contributed by atoms with Crippen molar-refractivity contribution in [1.29, 1.82) is 0 Å². The van der Waals surface area contributed by atoms with Crippen LogP contribution in [0.1, 0.15) is 59.4 Å². The van der Waals surface area contributed by atoms with Crippen LogP contribution >= 0.6 is 11.6 Å². The SMILES string of the molecule is CC(C)C(=O)OCC(O)(CCCCc1ccc(Cl)cc1)C(C)(C)C. The van der Waals surface area contributed by atoms with E-state index in [1.807, 2.05) is 45.0 Å². The van der Waals surface area contributed by atoms with Crippen LogP contribution in [0, 0.1) is 11.3 Å². The fourth-order valence-electron chi connectivity index (χ4n) is 2.42. The second kappa shape index (κ2) is 8.87. The Balaban J connectivity index is 2.53. The van der Waals surface area contributed by atoms with E-state index in [0.29, 0.717) is 6.42 Å². The van der Waals surface area contributed by atoms with Gasteiger partial charge in [-0.2, -0.15) is 0 Å². The van der Waals surface area contributed by atoms with E-state index in [-0.39, 0.29) is 23.9 Å². The monoisotopic (exact) mass is 354 g/mol. The summed E-state index contributed by atoms with van der Waals surface area (Å²) in [5.41, 5.74) is -0.132. The number of unbranched alkanes of at least 4 members (excludes halogenated alkanes) is 1. The van der Waals surface area contributed by atoms with Crippen molar-refractivity contribution in [3.63, 3.8) is 0 Å². The average molecular weight is 355 g/mol. The number of esters is 1. The summed E-state index contributed by atoms with van der Waals surface area (Å²) in [6.45, 7) is 9.59. The molecular formula is C20H31ClO3. The summed E-state index contributed by atoms with van der Waals surface area (Å²) in [6.07, 6.45) is 3.40. The summed E-state index contributed by atoms with van der Waals surface area (Å²) in [4.78, 5) is 11.7. The zero-order valence-corrected chi connectivity index (χ0v) is 16.3. The molecule has 24 heavy (non-hydrogen) atoms. The molecule has 0 saturated carbocycles. The molecule has 1 atom stereocenters. The maximum absolute atomic E-state index is 11.7. The molecule has 0 amide bonds. The summed E-state index contributed by atoms with van der Waals surface area (Å²) < 4.78 is 5.32. The molecule has 0 fully saturated rings. The van der Waals surface area contributed by atoms with E-state index in [1.165, 1.54) is 5.56 Å². The van der Waals surface area contributed by atoms with Gasteiger partial charge in [0, 0.05) is 5.02 Å². The van der Waals surface area contributed by atoms with Gasteiger partial charge >= 0.3 is 5.97 Å².